The van der Waals surface area contributed by atoms with E-state index in [0.717, 1.165) is 0 Å². The maximum atomic E-state index is 12.8. The Morgan fingerprint density at radius 2 is 1.58 bits per heavy atom. The number of rotatable bonds is 5. The van der Waals surface area contributed by atoms with Gasteiger partial charge in [0.2, 0.25) is 6.29 Å². The molecule has 36 heavy (non-hydrogen) atoms. The molecule has 1 aliphatic heterocycles. The first-order valence-corrected chi connectivity index (χ1v) is 11.0. The van der Waals surface area contributed by atoms with Crippen LogP contribution >= 0.6 is 0 Å². The fraction of sp³-hybridized carbons (Fsp3) is 0.280. The van der Waals surface area contributed by atoms with Crippen molar-refractivity contribution in [3.63, 3.8) is 0 Å². The van der Waals surface area contributed by atoms with E-state index in [9.17, 15) is 30.0 Å². The van der Waals surface area contributed by atoms with E-state index in [1.165, 1.54) is 19.2 Å². The third-order valence-corrected chi connectivity index (χ3v) is 6.04. The van der Waals surface area contributed by atoms with Crippen LogP contribution < -0.4 is 20.7 Å². The van der Waals surface area contributed by atoms with E-state index in [1.54, 1.807) is 36.4 Å². The van der Waals surface area contributed by atoms with Crippen LogP contribution in [0.4, 0.5) is 0 Å². The van der Waals surface area contributed by atoms with Gasteiger partial charge < -0.3 is 43.5 Å². The zero-order valence-electron chi connectivity index (χ0n) is 18.9. The van der Waals surface area contributed by atoms with Gasteiger partial charge >= 0.3 is 11.3 Å². The van der Waals surface area contributed by atoms with Gasteiger partial charge in [0.15, 0.2) is 11.5 Å². The van der Waals surface area contributed by atoms with Crippen molar-refractivity contribution in [3.8, 4) is 22.6 Å². The van der Waals surface area contributed by atoms with Gasteiger partial charge in [-0.2, -0.15) is 0 Å². The predicted molar refractivity (Wildman–Crippen MR) is 125 cm³/mol. The van der Waals surface area contributed by atoms with Crippen molar-refractivity contribution in [1.82, 2.24) is 0 Å². The molecular formula is C25H22O11. The maximum Gasteiger partial charge on any atom is 0.344 e. The summed E-state index contributed by atoms with van der Waals surface area (Å²) in [6.07, 6.45) is -7.41. The minimum atomic E-state index is -1.63. The van der Waals surface area contributed by atoms with Crippen LogP contribution in [0.3, 0.4) is 0 Å². The molecule has 5 atom stereocenters. The Hall–Kier alpha value is -3.74. The van der Waals surface area contributed by atoms with Crippen LogP contribution in [-0.4, -0.2) is 64.8 Å². The molecule has 1 fully saturated rings. The van der Waals surface area contributed by atoms with Gasteiger partial charge in [-0.15, -0.1) is 0 Å². The molecule has 3 heterocycles. The average molecular weight is 498 g/mol. The van der Waals surface area contributed by atoms with Gasteiger partial charge in [0.1, 0.15) is 35.6 Å². The van der Waals surface area contributed by atoms with Crippen LogP contribution in [0.25, 0.3) is 33.1 Å². The van der Waals surface area contributed by atoms with Gasteiger partial charge in [-0.1, -0.05) is 12.1 Å². The third-order valence-electron chi connectivity index (χ3n) is 6.04. The summed E-state index contributed by atoms with van der Waals surface area (Å²) in [5, 5.41) is 40.8. The quantitative estimate of drug-likeness (QED) is 0.287. The first kappa shape index (κ1) is 24.0. The second-order valence-electron chi connectivity index (χ2n) is 8.31. The van der Waals surface area contributed by atoms with E-state index in [1.807, 2.05) is 0 Å². The summed E-state index contributed by atoms with van der Waals surface area (Å²) in [5.74, 6) is 0.224. The molecule has 188 valence electrons. The second-order valence-corrected chi connectivity index (χ2v) is 8.31. The van der Waals surface area contributed by atoms with Gasteiger partial charge in [-0.05, 0) is 29.8 Å². The Balaban J connectivity index is 1.53. The molecule has 2 aromatic carbocycles. The van der Waals surface area contributed by atoms with E-state index >= 15 is 0 Å². The molecule has 0 amide bonds. The van der Waals surface area contributed by atoms with E-state index in [-0.39, 0.29) is 22.6 Å². The summed E-state index contributed by atoms with van der Waals surface area (Å²) in [5.41, 5.74) is -0.0172. The second kappa shape index (κ2) is 9.37. The first-order valence-electron chi connectivity index (χ1n) is 11.0. The maximum absolute atomic E-state index is 12.8. The Kier molecular flexibility index (Phi) is 6.24. The summed E-state index contributed by atoms with van der Waals surface area (Å²) in [6.45, 7) is -0.616. The molecule has 0 spiro atoms. The fourth-order valence-corrected chi connectivity index (χ4v) is 4.10. The normalized spacial score (nSPS) is 24.2. The zero-order chi connectivity index (χ0) is 25.6. The number of benzene rings is 2. The molecule has 0 aliphatic carbocycles. The molecule has 11 nitrogen and oxygen atoms in total. The van der Waals surface area contributed by atoms with E-state index in [2.05, 4.69) is 0 Å². The van der Waals surface area contributed by atoms with E-state index < -0.39 is 48.6 Å². The lowest BCUT2D eigenvalue weighted by molar-refractivity contribution is -0.277. The molecule has 0 radical (unpaired) electrons. The lowest BCUT2D eigenvalue weighted by Crippen LogP contribution is -2.60. The molecule has 0 saturated carbocycles. The van der Waals surface area contributed by atoms with Crippen molar-refractivity contribution in [1.29, 1.82) is 0 Å². The minimum Gasteiger partial charge on any atom is -0.493 e. The SMILES string of the molecule is COc1cc2cc(-c3ccc4ccc(=O)oc4c3)c(=O)oc2cc1O[C@@H]1O[C@H](CO)[C@@H](O)[C@H](O)[C@H]1O. The van der Waals surface area contributed by atoms with Crippen molar-refractivity contribution in [2.75, 3.05) is 13.7 Å². The van der Waals surface area contributed by atoms with Crippen molar-refractivity contribution in [2.45, 2.75) is 30.7 Å². The highest BCUT2D eigenvalue weighted by Gasteiger charge is 2.45. The molecular weight excluding hydrogens is 476 g/mol. The number of fused-ring (bicyclic) bond motifs is 2. The summed E-state index contributed by atoms with van der Waals surface area (Å²) < 4.78 is 27.2. The standard InChI is InChI=1S/C25H22O11/c1-32-17-8-13-6-14(12-3-2-11-4-5-20(27)33-15(11)7-12)24(31)34-16(13)9-18(17)35-25-23(30)22(29)21(28)19(10-26)36-25/h2-9,19,21-23,25-26,28-30H,10H2,1H3/t19-,21-,22+,23-,25-/m1/s1. The minimum absolute atomic E-state index is 0.0257. The highest BCUT2D eigenvalue weighted by atomic mass is 16.7. The first-order chi connectivity index (χ1) is 17.3. The molecule has 0 bridgehead atoms. The lowest BCUT2D eigenvalue weighted by atomic mass is 9.99. The third kappa shape index (κ3) is 4.23. The largest absolute Gasteiger partial charge is 0.493 e. The molecule has 4 aromatic rings. The van der Waals surface area contributed by atoms with E-state index in [0.29, 0.717) is 21.9 Å². The highest BCUT2D eigenvalue weighted by Crippen LogP contribution is 2.36. The molecule has 0 unspecified atom stereocenters. The van der Waals surface area contributed by atoms with Crippen LogP contribution in [0.2, 0.25) is 0 Å². The van der Waals surface area contributed by atoms with Gasteiger partial charge in [-0.25, -0.2) is 9.59 Å². The summed E-state index contributed by atoms with van der Waals surface area (Å²) in [7, 11) is 1.38. The van der Waals surface area contributed by atoms with Gasteiger partial charge in [0, 0.05) is 22.9 Å². The molecule has 5 rings (SSSR count). The fourth-order valence-electron chi connectivity index (χ4n) is 4.10. The Bertz CT molecular complexity index is 1540. The number of ether oxygens (including phenoxy) is 3. The molecule has 1 aliphatic rings. The average Bonchev–Trinajstić information content (AvgIpc) is 2.87. The van der Waals surface area contributed by atoms with Crippen LogP contribution in [0.5, 0.6) is 11.5 Å². The molecule has 11 heteroatoms. The topological polar surface area (TPSA) is 169 Å². The van der Waals surface area contributed by atoms with Crippen LogP contribution in [-0.2, 0) is 4.74 Å². The smallest absolute Gasteiger partial charge is 0.344 e. The van der Waals surface area contributed by atoms with Gasteiger partial charge in [0.05, 0.1) is 19.3 Å². The molecule has 4 N–H and O–H groups in total. The van der Waals surface area contributed by atoms with Crippen molar-refractivity contribution >= 4 is 21.9 Å². The number of hydrogen-bond donors (Lipinski definition) is 4. The van der Waals surface area contributed by atoms with Crippen LogP contribution in [0, 0.1) is 0 Å². The summed E-state index contributed by atoms with van der Waals surface area (Å²) in [6, 6.07) is 12.4. The summed E-state index contributed by atoms with van der Waals surface area (Å²) in [4.78, 5) is 24.4. The Labute approximate surface area is 202 Å². The van der Waals surface area contributed by atoms with Crippen molar-refractivity contribution < 1.29 is 43.5 Å². The zero-order valence-corrected chi connectivity index (χ0v) is 18.9. The summed E-state index contributed by atoms with van der Waals surface area (Å²) >= 11 is 0. The molecule has 1 saturated heterocycles. The van der Waals surface area contributed by atoms with Crippen molar-refractivity contribution in [3.05, 3.63) is 69.4 Å². The Morgan fingerprint density at radius 1 is 0.833 bits per heavy atom. The van der Waals surface area contributed by atoms with E-state index in [4.69, 9.17) is 23.0 Å². The lowest BCUT2D eigenvalue weighted by Gasteiger charge is -2.39. The van der Waals surface area contributed by atoms with Gasteiger partial charge in [0.25, 0.3) is 0 Å². The predicted octanol–water partition coefficient (Wildman–Crippen LogP) is 0.754. The number of hydrogen-bond acceptors (Lipinski definition) is 11. The monoisotopic (exact) mass is 498 g/mol. The number of aliphatic hydroxyl groups is 4. The van der Waals surface area contributed by atoms with Crippen LogP contribution in [0.15, 0.2) is 67.0 Å². The number of methoxy groups -OCH3 is 1. The number of aliphatic hydroxyl groups excluding tert-OH is 4. The Morgan fingerprint density at radius 3 is 2.33 bits per heavy atom. The van der Waals surface area contributed by atoms with Crippen LogP contribution in [0.1, 0.15) is 0 Å². The van der Waals surface area contributed by atoms with Gasteiger partial charge in [-0.3, -0.25) is 0 Å². The highest BCUT2D eigenvalue weighted by molar-refractivity contribution is 5.87. The molecule has 2 aromatic heterocycles. The van der Waals surface area contributed by atoms with Crippen molar-refractivity contribution in [2.24, 2.45) is 0 Å².